The molecule has 0 radical (unpaired) electrons. The van der Waals surface area contributed by atoms with Crippen LogP contribution in [-0.4, -0.2) is 55.2 Å². The molecule has 1 unspecified atom stereocenters. The Balaban J connectivity index is 4.48. The van der Waals surface area contributed by atoms with Gasteiger partial charge in [-0.3, -0.25) is 23.4 Å². The summed E-state index contributed by atoms with van der Waals surface area (Å²) in [5.74, 6) is 1.35. The average Bonchev–Trinajstić information content (AvgIpc) is 3.15. The van der Waals surface area contributed by atoms with Gasteiger partial charge in [-0.2, -0.15) is 0 Å². The molecule has 2 N–H and O–H groups in total. The minimum absolute atomic E-state index is 0.0111. The van der Waals surface area contributed by atoms with Crippen molar-refractivity contribution < 1.29 is 42.4 Å². The molecule has 1 amide bonds. The number of phosphoric acid groups is 1. The molecule has 0 aromatic carbocycles. The zero-order chi connectivity index (χ0) is 39.8. The van der Waals surface area contributed by atoms with Crippen LogP contribution in [0.2, 0.25) is 0 Å². The van der Waals surface area contributed by atoms with Gasteiger partial charge in [0.05, 0.1) is 13.2 Å². The van der Waals surface area contributed by atoms with Gasteiger partial charge in [0.2, 0.25) is 5.91 Å². The second-order valence-corrected chi connectivity index (χ2v) is 16.2. The lowest BCUT2D eigenvalue weighted by Gasteiger charge is -2.20. The summed E-state index contributed by atoms with van der Waals surface area (Å²) >= 11 is 0. The van der Waals surface area contributed by atoms with E-state index in [4.69, 9.17) is 24.9 Å². The van der Waals surface area contributed by atoms with E-state index in [0.29, 0.717) is 19.3 Å². The van der Waals surface area contributed by atoms with Gasteiger partial charge in [-0.15, -0.1) is 12.3 Å². The zero-order valence-electron chi connectivity index (χ0n) is 34.6. The molecule has 0 aliphatic heterocycles. The van der Waals surface area contributed by atoms with E-state index in [-0.39, 0.29) is 44.9 Å². The number of phosphoric ester groups is 1. The lowest BCUT2D eigenvalue weighted by atomic mass is 10.0. The van der Waals surface area contributed by atoms with Gasteiger partial charge in [-0.05, 0) is 19.3 Å². The van der Waals surface area contributed by atoms with E-state index < -0.39 is 32.5 Å². The van der Waals surface area contributed by atoms with E-state index in [1.54, 1.807) is 0 Å². The normalized spacial score (nSPS) is 12.9. The number of carbonyl (C=O) groups excluding carboxylic acids is 3. The van der Waals surface area contributed by atoms with Crippen molar-refractivity contribution in [2.24, 2.45) is 0 Å². The van der Waals surface area contributed by atoms with Crippen molar-refractivity contribution in [1.82, 2.24) is 5.32 Å². The highest BCUT2D eigenvalue weighted by Gasteiger charge is 2.26. The maximum Gasteiger partial charge on any atom is 0.472 e. The van der Waals surface area contributed by atoms with Crippen molar-refractivity contribution in [2.75, 3.05) is 26.4 Å². The number of amides is 1. The molecule has 0 saturated heterocycles. The van der Waals surface area contributed by atoms with Crippen LogP contribution in [0.5, 0.6) is 0 Å². The molecule has 0 rings (SSSR count). The van der Waals surface area contributed by atoms with Crippen molar-refractivity contribution in [1.29, 1.82) is 0 Å². The molecule has 0 aromatic heterocycles. The summed E-state index contributed by atoms with van der Waals surface area (Å²) in [6.45, 7) is 3.47. The van der Waals surface area contributed by atoms with Crippen molar-refractivity contribution in [2.45, 2.75) is 219 Å². The number of hydrogen-bond acceptors (Lipinski definition) is 8. The standard InChI is InChI=1S/C43H80NO9P/c1-4-7-10-12-14-16-18-20-22-24-26-28-31-34-42(46)50-38-40(39-52-54(48,49)51-37-36-44-41(45)33-30-9-6-3)53-43(47)35-32-29-27-25-23-21-19-17-15-13-11-8-5-2/h3,40H,4-5,7-39H2,1-2H3,(H,44,45)(H,48,49)/t40-/m1/s1. The molecular weight excluding hydrogens is 705 g/mol. The quantitative estimate of drug-likeness (QED) is 0.0268. The summed E-state index contributed by atoms with van der Waals surface area (Å²) in [6, 6.07) is 0. The summed E-state index contributed by atoms with van der Waals surface area (Å²) in [7, 11) is -4.53. The molecule has 11 heteroatoms. The lowest BCUT2D eigenvalue weighted by molar-refractivity contribution is -0.161. The topological polar surface area (TPSA) is 137 Å². The lowest BCUT2D eigenvalue weighted by Crippen LogP contribution is -2.30. The number of nitrogens with one attached hydrogen (secondary N) is 1. The molecule has 0 heterocycles. The van der Waals surface area contributed by atoms with Gasteiger partial charge < -0.3 is 19.7 Å². The molecule has 316 valence electrons. The third-order valence-electron chi connectivity index (χ3n) is 9.52. The second kappa shape index (κ2) is 39.3. The summed E-state index contributed by atoms with van der Waals surface area (Å²) in [4.78, 5) is 47.1. The predicted octanol–water partition coefficient (Wildman–Crippen LogP) is 11.5. The highest BCUT2D eigenvalue weighted by molar-refractivity contribution is 7.47. The number of esters is 2. The van der Waals surface area contributed by atoms with Gasteiger partial charge in [0, 0.05) is 32.2 Å². The maximum absolute atomic E-state index is 12.7. The first-order valence-corrected chi connectivity index (χ1v) is 23.4. The largest absolute Gasteiger partial charge is 0.472 e. The third kappa shape index (κ3) is 38.4. The van der Waals surface area contributed by atoms with Gasteiger partial charge in [0.15, 0.2) is 6.10 Å². The highest BCUT2D eigenvalue weighted by atomic mass is 31.2. The number of hydrogen-bond donors (Lipinski definition) is 2. The van der Waals surface area contributed by atoms with E-state index in [2.05, 4.69) is 25.1 Å². The van der Waals surface area contributed by atoms with Crippen LogP contribution in [0.4, 0.5) is 0 Å². The fourth-order valence-corrected chi connectivity index (χ4v) is 6.95. The minimum Gasteiger partial charge on any atom is -0.462 e. The summed E-state index contributed by atoms with van der Waals surface area (Å²) in [5, 5.41) is 2.59. The number of unbranched alkanes of at least 4 members (excludes halogenated alkanes) is 25. The van der Waals surface area contributed by atoms with Crippen molar-refractivity contribution >= 4 is 25.7 Å². The Bertz CT molecular complexity index is 986. The van der Waals surface area contributed by atoms with Crippen LogP contribution >= 0.6 is 7.82 Å². The van der Waals surface area contributed by atoms with Gasteiger partial charge in [-0.25, -0.2) is 4.57 Å². The molecule has 0 fully saturated rings. The van der Waals surface area contributed by atoms with Crippen molar-refractivity contribution in [3.05, 3.63) is 0 Å². The molecule has 0 spiro atoms. The van der Waals surface area contributed by atoms with Crippen molar-refractivity contribution in [3.8, 4) is 12.3 Å². The number of terminal acetylenes is 1. The summed E-state index contributed by atoms with van der Waals surface area (Å²) in [5.41, 5.74) is 0. The van der Waals surface area contributed by atoms with Crippen molar-refractivity contribution in [3.63, 3.8) is 0 Å². The Morgan fingerprint density at radius 2 is 1.02 bits per heavy atom. The molecule has 10 nitrogen and oxygen atoms in total. The fourth-order valence-electron chi connectivity index (χ4n) is 6.20. The SMILES string of the molecule is C#CCCCC(=O)NCCOP(=O)(O)OC[C@@H](COC(=O)CCCCCCCCCCCCCCC)OC(=O)CCCCCCCCCCCCCCC. The molecule has 2 atom stereocenters. The van der Waals surface area contributed by atoms with E-state index in [0.717, 1.165) is 38.5 Å². The van der Waals surface area contributed by atoms with Gasteiger partial charge in [0.1, 0.15) is 6.61 Å². The zero-order valence-corrected chi connectivity index (χ0v) is 35.5. The van der Waals surface area contributed by atoms with E-state index in [1.807, 2.05) is 0 Å². The van der Waals surface area contributed by atoms with Gasteiger partial charge >= 0.3 is 19.8 Å². The first-order chi connectivity index (χ1) is 26.2. The predicted molar refractivity (Wildman–Crippen MR) is 219 cm³/mol. The van der Waals surface area contributed by atoms with Gasteiger partial charge in [-0.1, -0.05) is 168 Å². The Morgan fingerprint density at radius 3 is 1.46 bits per heavy atom. The molecule has 0 aromatic rings. The minimum atomic E-state index is -4.53. The highest BCUT2D eigenvalue weighted by Crippen LogP contribution is 2.43. The van der Waals surface area contributed by atoms with Crippen LogP contribution in [0.1, 0.15) is 213 Å². The van der Waals surface area contributed by atoms with Gasteiger partial charge in [0.25, 0.3) is 0 Å². The molecular formula is C43H80NO9P. The maximum atomic E-state index is 12.7. The summed E-state index contributed by atoms with van der Waals surface area (Å²) < 4.78 is 33.5. The first kappa shape index (κ1) is 52.1. The smallest absolute Gasteiger partial charge is 0.462 e. The Labute approximate surface area is 330 Å². The molecule has 0 bridgehead atoms. The summed E-state index contributed by atoms with van der Waals surface area (Å²) in [6.07, 6.45) is 37.2. The number of ether oxygens (including phenoxy) is 2. The van der Waals surface area contributed by atoms with Crippen LogP contribution in [-0.2, 0) is 37.5 Å². The van der Waals surface area contributed by atoms with E-state index in [9.17, 15) is 23.8 Å². The van der Waals surface area contributed by atoms with Crippen LogP contribution in [0.15, 0.2) is 0 Å². The Morgan fingerprint density at radius 1 is 0.593 bits per heavy atom. The Kier molecular flexibility index (Phi) is 37.9. The fraction of sp³-hybridized carbons (Fsp3) is 0.884. The third-order valence-corrected chi connectivity index (χ3v) is 10.5. The van der Waals surface area contributed by atoms with E-state index >= 15 is 0 Å². The molecule has 0 saturated carbocycles. The molecule has 0 aliphatic carbocycles. The van der Waals surface area contributed by atoms with Crippen LogP contribution < -0.4 is 5.32 Å². The molecule has 54 heavy (non-hydrogen) atoms. The van der Waals surface area contributed by atoms with E-state index in [1.165, 1.54) is 122 Å². The Hall–Kier alpha value is -1.92. The number of carbonyl (C=O) groups is 3. The first-order valence-electron chi connectivity index (χ1n) is 21.9. The van der Waals surface area contributed by atoms with Crippen LogP contribution in [0.3, 0.4) is 0 Å². The monoisotopic (exact) mass is 786 g/mol. The number of rotatable bonds is 41. The molecule has 0 aliphatic rings. The van der Waals surface area contributed by atoms with Crippen LogP contribution in [0, 0.1) is 12.3 Å². The second-order valence-electron chi connectivity index (χ2n) is 14.8. The van der Waals surface area contributed by atoms with Crippen LogP contribution in [0.25, 0.3) is 0 Å². The average molecular weight is 786 g/mol.